The molecule has 2 aromatic carbocycles. The van der Waals surface area contributed by atoms with Gasteiger partial charge in [-0.2, -0.15) is 8.78 Å². The van der Waals surface area contributed by atoms with Crippen LogP contribution in [0.1, 0.15) is 11.1 Å². The van der Waals surface area contributed by atoms with Gasteiger partial charge in [-0.1, -0.05) is 12.1 Å². The van der Waals surface area contributed by atoms with Crippen molar-refractivity contribution >= 4 is 17.3 Å². The summed E-state index contributed by atoms with van der Waals surface area (Å²) in [6, 6.07) is 10.4. The summed E-state index contributed by atoms with van der Waals surface area (Å²) < 4.78 is 44.8. The van der Waals surface area contributed by atoms with Gasteiger partial charge in [0.2, 0.25) is 6.79 Å². The van der Waals surface area contributed by atoms with Gasteiger partial charge in [-0.15, -0.1) is 0 Å². The first-order chi connectivity index (χ1) is 13.0. The summed E-state index contributed by atoms with van der Waals surface area (Å²) in [5, 5.41) is 6.61. The smallest absolute Gasteiger partial charge is 0.387 e. The highest BCUT2D eigenvalue weighted by Gasteiger charge is 2.13. The van der Waals surface area contributed by atoms with E-state index in [0.717, 1.165) is 16.9 Å². The van der Waals surface area contributed by atoms with E-state index in [1.165, 1.54) is 13.2 Å². The Morgan fingerprint density at radius 3 is 2.41 bits per heavy atom. The second-order valence-corrected chi connectivity index (χ2v) is 6.00. The second kappa shape index (κ2) is 8.72. The minimum absolute atomic E-state index is 0.0141. The first kappa shape index (κ1) is 19.0. The van der Waals surface area contributed by atoms with Gasteiger partial charge in [0.05, 0.1) is 7.11 Å². The number of thiocarbonyl (C=S) groups is 1. The fourth-order valence-corrected chi connectivity index (χ4v) is 2.64. The molecule has 0 aliphatic carbocycles. The molecule has 27 heavy (non-hydrogen) atoms. The van der Waals surface area contributed by atoms with Crippen molar-refractivity contribution < 1.29 is 27.7 Å². The minimum atomic E-state index is -2.91. The molecule has 0 saturated carbocycles. The Morgan fingerprint density at radius 1 is 1.04 bits per heavy atom. The fraction of sp³-hybridized carbons (Fsp3) is 0.278. The molecule has 1 aliphatic rings. The molecule has 0 atom stereocenters. The molecule has 0 saturated heterocycles. The van der Waals surface area contributed by atoms with E-state index in [0.29, 0.717) is 24.0 Å². The van der Waals surface area contributed by atoms with Crippen LogP contribution in [0.3, 0.4) is 0 Å². The zero-order valence-electron chi connectivity index (χ0n) is 14.5. The number of fused-ring (bicyclic) bond motifs is 1. The monoisotopic (exact) mass is 396 g/mol. The Balaban J connectivity index is 1.50. The number of nitrogens with one attached hydrogen (secondary N) is 2. The van der Waals surface area contributed by atoms with Gasteiger partial charge in [-0.05, 0) is 47.6 Å². The van der Waals surface area contributed by atoms with Crippen LogP contribution in [0.2, 0.25) is 0 Å². The van der Waals surface area contributed by atoms with Crippen molar-refractivity contribution in [1.29, 1.82) is 0 Å². The van der Waals surface area contributed by atoms with Crippen LogP contribution in [-0.4, -0.2) is 25.6 Å². The number of alkyl halides is 2. The molecule has 3 rings (SSSR count). The van der Waals surface area contributed by atoms with Gasteiger partial charge in [0, 0.05) is 13.1 Å². The van der Waals surface area contributed by atoms with E-state index in [9.17, 15) is 8.78 Å². The van der Waals surface area contributed by atoms with E-state index in [4.69, 9.17) is 26.4 Å². The third kappa shape index (κ3) is 5.10. The fourth-order valence-electron chi connectivity index (χ4n) is 2.49. The van der Waals surface area contributed by atoms with E-state index in [-0.39, 0.29) is 18.3 Å². The zero-order chi connectivity index (χ0) is 19.2. The molecule has 1 heterocycles. The van der Waals surface area contributed by atoms with Crippen LogP contribution in [0.4, 0.5) is 8.78 Å². The summed E-state index contributed by atoms with van der Waals surface area (Å²) >= 11 is 5.26. The average Bonchev–Trinajstić information content (AvgIpc) is 3.13. The van der Waals surface area contributed by atoms with Gasteiger partial charge in [0.15, 0.2) is 28.1 Å². The van der Waals surface area contributed by atoms with Gasteiger partial charge >= 0.3 is 6.61 Å². The number of ether oxygens (including phenoxy) is 4. The average molecular weight is 396 g/mol. The van der Waals surface area contributed by atoms with Crippen molar-refractivity contribution in [2.24, 2.45) is 0 Å². The van der Waals surface area contributed by atoms with Crippen molar-refractivity contribution in [2.45, 2.75) is 19.7 Å². The van der Waals surface area contributed by atoms with Gasteiger partial charge in [-0.3, -0.25) is 0 Å². The SMILES string of the molecule is COc1cc(CNC(=S)NCc2ccc3c(c2)OCO3)ccc1OC(F)F. The highest BCUT2D eigenvalue weighted by Crippen LogP contribution is 2.32. The minimum Gasteiger partial charge on any atom is -0.493 e. The Kier molecular flexibility index (Phi) is 6.12. The molecule has 144 valence electrons. The Morgan fingerprint density at radius 2 is 1.70 bits per heavy atom. The van der Waals surface area contributed by atoms with Gasteiger partial charge < -0.3 is 29.6 Å². The quantitative estimate of drug-likeness (QED) is 0.697. The Labute approximate surface area is 160 Å². The summed E-state index contributed by atoms with van der Waals surface area (Å²) in [6.45, 7) is -1.75. The highest BCUT2D eigenvalue weighted by atomic mass is 32.1. The van der Waals surface area contributed by atoms with Crippen molar-refractivity contribution in [3.63, 3.8) is 0 Å². The maximum absolute atomic E-state index is 12.4. The number of hydrogen-bond acceptors (Lipinski definition) is 5. The van der Waals surface area contributed by atoms with E-state index in [1.807, 2.05) is 18.2 Å². The lowest BCUT2D eigenvalue weighted by Crippen LogP contribution is -2.34. The highest BCUT2D eigenvalue weighted by molar-refractivity contribution is 7.80. The predicted molar refractivity (Wildman–Crippen MR) is 98.5 cm³/mol. The number of hydrogen-bond donors (Lipinski definition) is 2. The Bertz CT molecular complexity index is 820. The van der Waals surface area contributed by atoms with Crippen molar-refractivity contribution in [1.82, 2.24) is 10.6 Å². The standard InChI is InChI=1S/C18H18F2N2O4S/c1-23-15-6-11(3-5-14(15)26-17(19)20)8-21-18(27)22-9-12-2-4-13-16(7-12)25-10-24-13/h2-7,17H,8-10H2,1H3,(H2,21,22,27). The van der Waals surface area contributed by atoms with E-state index >= 15 is 0 Å². The largest absolute Gasteiger partial charge is 0.493 e. The van der Waals surface area contributed by atoms with Gasteiger partial charge in [0.1, 0.15) is 0 Å². The molecule has 0 amide bonds. The molecule has 0 unspecified atom stereocenters. The third-order valence-corrected chi connectivity index (χ3v) is 4.08. The van der Waals surface area contributed by atoms with E-state index < -0.39 is 6.61 Å². The van der Waals surface area contributed by atoms with E-state index in [1.54, 1.807) is 12.1 Å². The van der Waals surface area contributed by atoms with E-state index in [2.05, 4.69) is 15.4 Å². The van der Waals surface area contributed by atoms with Crippen LogP contribution in [0.25, 0.3) is 0 Å². The van der Waals surface area contributed by atoms with Crippen molar-refractivity contribution in [3.8, 4) is 23.0 Å². The molecular weight excluding hydrogens is 378 g/mol. The van der Waals surface area contributed by atoms with Crippen LogP contribution in [0.15, 0.2) is 36.4 Å². The number of rotatable bonds is 7. The lowest BCUT2D eigenvalue weighted by Gasteiger charge is -2.13. The molecule has 0 spiro atoms. The molecule has 0 aromatic heterocycles. The summed E-state index contributed by atoms with van der Waals surface area (Å²) in [6.07, 6.45) is 0. The zero-order valence-corrected chi connectivity index (χ0v) is 15.3. The molecular formula is C18H18F2N2O4S. The summed E-state index contributed by atoms with van der Waals surface area (Å²) in [7, 11) is 1.39. The topological polar surface area (TPSA) is 61.0 Å². The number of methoxy groups -OCH3 is 1. The molecule has 6 nitrogen and oxygen atoms in total. The molecule has 9 heteroatoms. The van der Waals surface area contributed by atoms with Crippen molar-refractivity contribution in [2.75, 3.05) is 13.9 Å². The van der Waals surface area contributed by atoms with Crippen LogP contribution in [0, 0.1) is 0 Å². The molecule has 0 radical (unpaired) electrons. The normalized spacial score (nSPS) is 12.0. The maximum atomic E-state index is 12.4. The lowest BCUT2D eigenvalue weighted by molar-refractivity contribution is -0.0512. The predicted octanol–water partition coefficient (Wildman–Crippen LogP) is 3.19. The third-order valence-electron chi connectivity index (χ3n) is 3.79. The molecule has 1 aliphatic heterocycles. The summed E-state index contributed by atoms with van der Waals surface area (Å²) in [4.78, 5) is 0. The first-order valence-corrected chi connectivity index (χ1v) is 8.48. The van der Waals surface area contributed by atoms with Gasteiger partial charge in [-0.25, -0.2) is 0 Å². The van der Waals surface area contributed by atoms with Gasteiger partial charge in [0.25, 0.3) is 0 Å². The molecule has 0 bridgehead atoms. The number of benzene rings is 2. The second-order valence-electron chi connectivity index (χ2n) is 5.59. The molecule has 2 N–H and O–H groups in total. The summed E-state index contributed by atoms with van der Waals surface area (Å²) in [5.41, 5.74) is 1.80. The molecule has 0 fully saturated rings. The van der Waals surface area contributed by atoms with Crippen molar-refractivity contribution in [3.05, 3.63) is 47.5 Å². The Hall–Kier alpha value is -2.81. The lowest BCUT2D eigenvalue weighted by atomic mass is 10.2. The van der Waals surface area contributed by atoms with Crippen LogP contribution >= 0.6 is 12.2 Å². The summed E-state index contributed by atoms with van der Waals surface area (Å²) in [5.74, 6) is 1.66. The first-order valence-electron chi connectivity index (χ1n) is 8.07. The number of halogens is 2. The van der Waals surface area contributed by atoms with Crippen LogP contribution in [-0.2, 0) is 13.1 Å². The maximum Gasteiger partial charge on any atom is 0.387 e. The van der Waals surface area contributed by atoms with Crippen LogP contribution in [0.5, 0.6) is 23.0 Å². The van der Waals surface area contributed by atoms with Crippen LogP contribution < -0.4 is 29.6 Å². The molecule has 2 aromatic rings.